The summed E-state index contributed by atoms with van der Waals surface area (Å²) in [6.07, 6.45) is 3.92. The molecular weight excluding hydrogens is 414 g/mol. The highest BCUT2D eigenvalue weighted by molar-refractivity contribution is 7.99. The van der Waals surface area contributed by atoms with Crippen molar-refractivity contribution < 1.29 is 9.53 Å². The number of anilines is 1. The Labute approximate surface area is 183 Å². The van der Waals surface area contributed by atoms with Crippen molar-refractivity contribution >= 4 is 44.4 Å². The van der Waals surface area contributed by atoms with Gasteiger partial charge in [0.1, 0.15) is 5.75 Å². The average molecular weight is 436 g/mol. The summed E-state index contributed by atoms with van der Waals surface area (Å²) in [7, 11) is 1.65. The molecule has 2 heterocycles. The molecule has 0 saturated heterocycles. The molecule has 0 radical (unpaired) electrons. The second kappa shape index (κ2) is 9.73. The summed E-state index contributed by atoms with van der Waals surface area (Å²) in [5.41, 5.74) is 1.94. The first-order valence-electron chi connectivity index (χ1n) is 9.54. The number of hydrogen-bond acceptors (Lipinski definition) is 6. The fourth-order valence-electron chi connectivity index (χ4n) is 2.97. The molecule has 0 saturated carbocycles. The van der Waals surface area contributed by atoms with Gasteiger partial charge >= 0.3 is 0 Å². The zero-order chi connectivity index (χ0) is 20.8. The number of benzene rings is 2. The van der Waals surface area contributed by atoms with Crippen LogP contribution >= 0.6 is 23.1 Å². The number of methoxy groups -OCH3 is 1. The van der Waals surface area contributed by atoms with Gasteiger partial charge < -0.3 is 4.74 Å². The van der Waals surface area contributed by atoms with Gasteiger partial charge in [-0.1, -0.05) is 23.5 Å². The number of carbonyl (C=O) groups excluding carboxylic acids is 1. The van der Waals surface area contributed by atoms with Gasteiger partial charge in [-0.25, -0.2) is 4.98 Å². The van der Waals surface area contributed by atoms with Crippen molar-refractivity contribution in [2.75, 3.05) is 17.8 Å². The van der Waals surface area contributed by atoms with Gasteiger partial charge in [-0.2, -0.15) is 0 Å². The molecule has 7 heteroatoms. The Bertz CT molecular complexity index is 1080. The van der Waals surface area contributed by atoms with E-state index in [0.717, 1.165) is 31.6 Å². The van der Waals surface area contributed by atoms with Crippen LogP contribution in [0, 0.1) is 0 Å². The maximum absolute atomic E-state index is 13.2. The molecule has 0 fully saturated rings. The van der Waals surface area contributed by atoms with Crippen LogP contribution in [0.15, 0.2) is 78.0 Å². The second-order valence-corrected chi connectivity index (χ2v) is 8.75. The van der Waals surface area contributed by atoms with Gasteiger partial charge in [0.15, 0.2) is 5.13 Å². The highest BCUT2D eigenvalue weighted by Crippen LogP contribution is 2.30. The summed E-state index contributed by atoms with van der Waals surface area (Å²) >= 11 is 3.21. The molecular formula is C23H21N3O2S2. The number of carbonyl (C=O) groups is 1. The van der Waals surface area contributed by atoms with Crippen LogP contribution in [-0.4, -0.2) is 28.7 Å². The Morgan fingerprint density at radius 3 is 2.57 bits per heavy atom. The molecule has 4 aromatic rings. The maximum atomic E-state index is 13.2. The summed E-state index contributed by atoms with van der Waals surface area (Å²) in [6.45, 7) is 0.481. The van der Waals surface area contributed by atoms with Gasteiger partial charge in [0.25, 0.3) is 0 Å². The molecule has 0 aliphatic rings. The largest absolute Gasteiger partial charge is 0.497 e. The summed E-state index contributed by atoms with van der Waals surface area (Å²) in [6, 6.07) is 19.7. The van der Waals surface area contributed by atoms with Crippen LogP contribution in [0.2, 0.25) is 0 Å². The number of amides is 1. The third-order valence-electron chi connectivity index (χ3n) is 4.55. The lowest BCUT2D eigenvalue weighted by atomic mass is 10.2. The SMILES string of the molecule is COc1ccc(SCCC(=O)N(Cc2ccncc2)c2nc3ccccc3s2)cc1. The van der Waals surface area contributed by atoms with Crippen LogP contribution in [0.5, 0.6) is 5.75 Å². The van der Waals surface area contributed by atoms with Gasteiger partial charge in [0.05, 0.1) is 23.9 Å². The number of para-hydroxylation sites is 1. The molecule has 5 nitrogen and oxygen atoms in total. The first-order valence-corrected chi connectivity index (χ1v) is 11.3. The molecule has 0 aliphatic carbocycles. The van der Waals surface area contributed by atoms with Crippen LogP contribution in [0.25, 0.3) is 10.2 Å². The van der Waals surface area contributed by atoms with E-state index in [-0.39, 0.29) is 5.91 Å². The number of nitrogens with zero attached hydrogens (tertiary/aromatic N) is 3. The maximum Gasteiger partial charge on any atom is 0.229 e. The van der Waals surface area contributed by atoms with Crippen molar-refractivity contribution in [3.05, 3.63) is 78.6 Å². The molecule has 0 bridgehead atoms. The van der Waals surface area contributed by atoms with Crippen molar-refractivity contribution in [1.82, 2.24) is 9.97 Å². The summed E-state index contributed by atoms with van der Waals surface area (Å²) in [5, 5.41) is 0.729. The minimum absolute atomic E-state index is 0.0619. The molecule has 0 N–H and O–H groups in total. The zero-order valence-corrected chi connectivity index (χ0v) is 18.2. The Morgan fingerprint density at radius 1 is 1.07 bits per heavy atom. The van der Waals surface area contributed by atoms with Gasteiger partial charge in [0.2, 0.25) is 5.91 Å². The predicted molar refractivity (Wildman–Crippen MR) is 123 cm³/mol. The topological polar surface area (TPSA) is 55.3 Å². The first kappa shape index (κ1) is 20.4. The zero-order valence-electron chi connectivity index (χ0n) is 16.5. The molecule has 0 spiro atoms. The molecule has 2 aromatic heterocycles. The first-order chi connectivity index (χ1) is 14.7. The fraction of sp³-hybridized carbons (Fsp3) is 0.174. The monoisotopic (exact) mass is 435 g/mol. The van der Waals surface area contributed by atoms with Gasteiger partial charge in [-0.15, -0.1) is 11.8 Å². The lowest BCUT2D eigenvalue weighted by molar-refractivity contribution is -0.118. The highest BCUT2D eigenvalue weighted by atomic mass is 32.2. The fourth-order valence-corrected chi connectivity index (χ4v) is 4.79. The molecule has 30 heavy (non-hydrogen) atoms. The number of thiazole rings is 1. The number of rotatable bonds is 8. The van der Waals surface area contributed by atoms with Gasteiger partial charge in [-0.3, -0.25) is 14.7 Å². The molecule has 4 rings (SSSR count). The second-order valence-electron chi connectivity index (χ2n) is 6.57. The van der Waals surface area contributed by atoms with Crippen LogP contribution in [0.4, 0.5) is 5.13 Å². The summed E-state index contributed by atoms with van der Waals surface area (Å²) in [4.78, 5) is 24.8. The van der Waals surface area contributed by atoms with Crippen LogP contribution in [0.1, 0.15) is 12.0 Å². The number of aromatic nitrogens is 2. The van der Waals surface area contributed by atoms with E-state index in [2.05, 4.69) is 4.98 Å². The van der Waals surface area contributed by atoms with Crippen molar-refractivity contribution in [1.29, 1.82) is 0 Å². The smallest absolute Gasteiger partial charge is 0.229 e. The quantitative estimate of drug-likeness (QED) is 0.346. The van der Waals surface area contributed by atoms with Crippen molar-refractivity contribution in [2.45, 2.75) is 17.9 Å². The average Bonchev–Trinajstić information content (AvgIpc) is 3.22. The van der Waals surface area contributed by atoms with Crippen molar-refractivity contribution in [3.63, 3.8) is 0 Å². The van der Waals surface area contributed by atoms with E-state index in [1.54, 1.807) is 47.5 Å². The van der Waals surface area contributed by atoms with Crippen molar-refractivity contribution in [2.24, 2.45) is 0 Å². The van der Waals surface area contributed by atoms with Gasteiger partial charge in [-0.05, 0) is 54.1 Å². The normalized spacial score (nSPS) is 10.8. The third kappa shape index (κ3) is 4.98. The number of pyridine rings is 1. The van der Waals surface area contributed by atoms with Gasteiger partial charge in [0, 0.05) is 29.5 Å². The van der Waals surface area contributed by atoms with Crippen LogP contribution in [0.3, 0.4) is 0 Å². The van der Waals surface area contributed by atoms with E-state index < -0.39 is 0 Å². The Hall–Kier alpha value is -2.90. The number of thioether (sulfide) groups is 1. The molecule has 152 valence electrons. The van der Waals surface area contributed by atoms with E-state index >= 15 is 0 Å². The van der Waals surface area contributed by atoms with E-state index in [9.17, 15) is 4.79 Å². The highest BCUT2D eigenvalue weighted by Gasteiger charge is 2.20. The molecule has 0 atom stereocenters. The summed E-state index contributed by atoms with van der Waals surface area (Å²) < 4.78 is 6.27. The number of ether oxygens (including phenoxy) is 1. The summed E-state index contributed by atoms with van der Waals surface area (Å²) in [5.74, 6) is 1.59. The van der Waals surface area contributed by atoms with Crippen LogP contribution < -0.4 is 9.64 Å². The minimum Gasteiger partial charge on any atom is -0.497 e. The lowest BCUT2D eigenvalue weighted by Gasteiger charge is -2.20. The molecule has 0 unspecified atom stereocenters. The van der Waals surface area contributed by atoms with Crippen molar-refractivity contribution in [3.8, 4) is 5.75 Å². The molecule has 0 aliphatic heterocycles. The minimum atomic E-state index is 0.0619. The molecule has 1 amide bonds. The predicted octanol–water partition coefficient (Wildman–Crippen LogP) is 5.42. The Morgan fingerprint density at radius 2 is 1.83 bits per heavy atom. The van der Waals surface area contributed by atoms with E-state index in [0.29, 0.717) is 18.7 Å². The molecule has 2 aromatic carbocycles. The van der Waals surface area contributed by atoms with E-state index in [1.165, 1.54) is 0 Å². The third-order valence-corrected chi connectivity index (χ3v) is 6.62. The van der Waals surface area contributed by atoms with E-state index in [4.69, 9.17) is 9.72 Å². The number of fused-ring (bicyclic) bond motifs is 1. The van der Waals surface area contributed by atoms with Crippen LogP contribution in [-0.2, 0) is 11.3 Å². The Balaban J connectivity index is 1.48. The Kier molecular flexibility index (Phi) is 6.61. The lowest BCUT2D eigenvalue weighted by Crippen LogP contribution is -2.30. The standard InChI is InChI=1S/C23H21N3O2S2/c1-28-18-6-8-19(9-7-18)29-15-12-22(27)26(16-17-10-13-24-14-11-17)23-25-20-4-2-3-5-21(20)30-23/h2-11,13-14H,12,15-16H2,1H3. The number of hydrogen-bond donors (Lipinski definition) is 0. The van der Waals surface area contributed by atoms with E-state index in [1.807, 2.05) is 60.7 Å².